The largest absolute Gasteiger partial charge is 0.454 e. The molecule has 0 aliphatic heterocycles. The smallest absolute Gasteiger partial charge is 0.338 e. The molecule has 0 spiro atoms. The number of hydrogen-bond donors (Lipinski definition) is 2. The molecule has 31 heavy (non-hydrogen) atoms. The zero-order valence-electron chi connectivity index (χ0n) is 17.6. The Bertz CT molecular complexity index is 925. The summed E-state index contributed by atoms with van der Waals surface area (Å²) >= 11 is 0. The highest BCUT2D eigenvalue weighted by atomic mass is 16.5. The van der Waals surface area contributed by atoms with E-state index in [0.29, 0.717) is 23.4 Å². The second kappa shape index (κ2) is 8.26. The van der Waals surface area contributed by atoms with Crippen LogP contribution in [0.2, 0.25) is 0 Å². The van der Waals surface area contributed by atoms with E-state index >= 15 is 0 Å². The summed E-state index contributed by atoms with van der Waals surface area (Å²) in [6.07, 6.45) is 6.80. The van der Waals surface area contributed by atoms with Gasteiger partial charge in [-0.3, -0.25) is 9.59 Å². The molecular weight excluding hydrogens is 394 g/mol. The summed E-state index contributed by atoms with van der Waals surface area (Å²) in [7, 11) is 0. The van der Waals surface area contributed by atoms with Crippen molar-refractivity contribution >= 4 is 29.1 Å². The number of benzene rings is 1. The summed E-state index contributed by atoms with van der Waals surface area (Å²) in [5, 5.41) is 19.4. The molecule has 1 amide bonds. The van der Waals surface area contributed by atoms with Gasteiger partial charge in [0.25, 0.3) is 0 Å². The molecule has 162 valence electrons. The molecule has 2 N–H and O–H groups in total. The SMILES string of the molecule is CC(=N)C(C#N)C(=O)COC(=O)c1ccc(NC(=O)C23CC4CC(CC(C4)C2)C3)cc1. The number of Topliss-reactive ketones (excluding diaryl/α,β-unsaturated/α-hetero) is 1. The summed E-state index contributed by atoms with van der Waals surface area (Å²) < 4.78 is 4.98. The summed E-state index contributed by atoms with van der Waals surface area (Å²) in [6.45, 7) is 0.807. The highest BCUT2D eigenvalue weighted by Gasteiger charge is 2.54. The van der Waals surface area contributed by atoms with Crippen molar-refractivity contribution in [3.05, 3.63) is 29.8 Å². The zero-order valence-corrected chi connectivity index (χ0v) is 17.6. The maximum Gasteiger partial charge on any atom is 0.338 e. The van der Waals surface area contributed by atoms with E-state index in [1.807, 2.05) is 0 Å². The second-order valence-electron chi connectivity index (χ2n) is 9.52. The average Bonchev–Trinajstić information content (AvgIpc) is 2.71. The van der Waals surface area contributed by atoms with Crippen LogP contribution in [0.1, 0.15) is 55.8 Å². The van der Waals surface area contributed by atoms with Crippen molar-refractivity contribution in [1.29, 1.82) is 10.7 Å². The van der Waals surface area contributed by atoms with Gasteiger partial charge in [0, 0.05) is 11.4 Å². The quantitative estimate of drug-likeness (QED) is 0.513. The maximum atomic E-state index is 13.1. The molecule has 1 atom stereocenters. The predicted octanol–water partition coefficient (Wildman–Crippen LogP) is 3.75. The highest BCUT2D eigenvalue weighted by Crippen LogP contribution is 2.60. The monoisotopic (exact) mass is 421 g/mol. The van der Waals surface area contributed by atoms with Gasteiger partial charge in [-0.1, -0.05) is 0 Å². The molecule has 1 aromatic carbocycles. The summed E-state index contributed by atoms with van der Waals surface area (Å²) in [5.41, 5.74) is 0.567. The molecule has 1 unspecified atom stereocenters. The molecule has 5 rings (SSSR count). The number of carbonyl (C=O) groups excluding carboxylic acids is 3. The van der Waals surface area contributed by atoms with Crippen molar-refractivity contribution in [2.24, 2.45) is 29.1 Å². The molecule has 4 bridgehead atoms. The van der Waals surface area contributed by atoms with Crippen LogP contribution in [0.25, 0.3) is 0 Å². The lowest BCUT2D eigenvalue weighted by Crippen LogP contribution is -2.51. The van der Waals surface area contributed by atoms with Gasteiger partial charge < -0.3 is 15.5 Å². The van der Waals surface area contributed by atoms with E-state index in [1.54, 1.807) is 30.3 Å². The van der Waals surface area contributed by atoms with Crippen molar-refractivity contribution in [1.82, 2.24) is 0 Å². The molecule has 4 aliphatic rings. The number of ketones is 1. The molecule has 0 heterocycles. The number of esters is 1. The van der Waals surface area contributed by atoms with Crippen LogP contribution in [0.5, 0.6) is 0 Å². The first-order valence-corrected chi connectivity index (χ1v) is 10.9. The Kier molecular flexibility index (Phi) is 5.65. The normalized spacial score (nSPS) is 29.0. The Morgan fingerprint density at radius 3 is 2.16 bits per heavy atom. The van der Waals surface area contributed by atoms with Gasteiger partial charge in [0.15, 0.2) is 12.4 Å². The van der Waals surface area contributed by atoms with E-state index in [0.717, 1.165) is 19.3 Å². The first-order valence-electron chi connectivity index (χ1n) is 10.9. The molecule has 0 saturated heterocycles. The number of carbonyl (C=O) groups is 3. The van der Waals surface area contributed by atoms with E-state index in [4.69, 9.17) is 15.4 Å². The van der Waals surface area contributed by atoms with Gasteiger partial charge >= 0.3 is 5.97 Å². The molecular formula is C24H27N3O4. The molecule has 4 fully saturated rings. The fourth-order valence-corrected chi connectivity index (χ4v) is 6.06. The van der Waals surface area contributed by atoms with Crippen molar-refractivity contribution in [2.45, 2.75) is 45.4 Å². The number of anilines is 1. The molecule has 4 aliphatic carbocycles. The predicted molar refractivity (Wildman–Crippen MR) is 113 cm³/mol. The van der Waals surface area contributed by atoms with Crippen molar-refractivity contribution in [3.63, 3.8) is 0 Å². The minimum Gasteiger partial charge on any atom is -0.454 e. The van der Waals surface area contributed by atoms with Crippen LogP contribution < -0.4 is 5.32 Å². The van der Waals surface area contributed by atoms with Crippen LogP contribution in [0, 0.1) is 45.8 Å². The van der Waals surface area contributed by atoms with Gasteiger partial charge in [-0.05, 0) is 87.5 Å². The van der Waals surface area contributed by atoms with E-state index in [1.165, 1.54) is 26.2 Å². The fourth-order valence-electron chi connectivity index (χ4n) is 6.06. The number of ether oxygens (including phenoxy) is 1. The first kappa shape index (κ1) is 21.2. The van der Waals surface area contributed by atoms with Crippen molar-refractivity contribution < 1.29 is 19.1 Å². The fraction of sp³-hybridized carbons (Fsp3) is 0.542. The van der Waals surface area contributed by atoms with Gasteiger partial charge in [-0.25, -0.2) is 4.79 Å². The molecule has 1 aromatic rings. The lowest BCUT2D eigenvalue weighted by Gasteiger charge is -2.55. The third-order valence-corrected chi connectivity index (χ3v) is 7.13. The van der Waals surface area contributed by atoms with E-state index in [2.05, 4.69) is 5.32 Å². The molecule has 0 radical (unpaired) electrons. The Morgan fingerprint density at radius 2 is 1.68 bits per heavy atom. The lowest BCUT2D eigenvalue weighted by molar-refractivity contribution is -0.140. The summed E-state index contributed by atoms with van der Waals surface area (Å²) in [6, 6.07) is 8.15. The maximum absolute atomic E-state index is 13.1. The second-order valence-corrected chi connectivity index (χ2v) is 9.52. The number of nitrogens with one attached hydrogen (secondary N) is 2. The zero-order chi connectivity index (χ0) is 22.2. The molecule has 7 heteroatoms. The number of amides is 1. The molecule has 0 aromatic heterocycles. The Labute approximate surface area is 181 Å². The Hall–Kier alpha value is -3.01. The lowest BCUT2D eigenvalue weighted by atomic mass is 9.49. The van der Waals surface area contributed by atoms with Crippen LogP contribution in [-0.2, 0) is 14.3 Å². The van der Waals surface area contributed by atoms with Gasteiger partial charge in [-0.15, -0.1) is 0 Å². The van der Waals surface area contributed by atoms with E-state index in [-0.39, 0.29) is 22.6 Å². The minimum atomic E-state index is -1.20. The van der Waals surface area contributed by atoms with Crippen molar-refractivity contribution in [3.8, 4) is 6.07 Å². The first-order chi connectivity index (χ1) is 14.8. The third-order valence-electron chi connectivity index (χ3n) is 7.13. The molecule has 4 saturated carbocycles. The minimum absolute atomic E-state index is 0.0809. The highest BCUT2D eigenvalue weighted by molar-refractivity contribution is 6.06. The van der Waals surface area contributed by atoms with Gasteiger partial charge in [-0.2, -0.15) is 5.26 Å². The van der Waals surface area contributed by atoms with E-state index < -0.39 is 24.3 Å². The number of rotatable bonds is 7. The number of nitriles is 1. The number of nitrogens with zero attached hydrogens (tertiary/aromatic N) is 1. The Balaban J connectivity index is 1.34. The van der Waals surface area contributed by atoms with Crippen LogP contribution in [-0.4, -0.2) is 30.0 Å². The summed E-state index contributed by atoms with van der Waals surface area (Å²) in [4.78, 5) is 37.2. The van der Waals surface area contributed by atoms with Crippen LogP contribution >= 0.6 is 0 Å². The van der Waals surface area contributed by atoms with Gasteiger partial charge in [0.1, 0.15) is 5.92 Å². The van der Waals surface area contributed by atoms with Crippen LogP contribution in [0.4, 0.5) is 5.69 Å². The number of hydrogen-bond acceptors (Lipinski definition) is 6. The van der Waals surface area contributed by atoms with E-state index in [9.17, 15) is 14.4 Å². The summed E-state index contributed by atoms with van der Waals surface area (Å²) in [5.74, 6) is -0.349. The Morgan fingerprint density at radius 1 is 1.13 bits per heavy atom. The van der Waals surface area contributed by atoms with Gasteiger partial charge in [0.05, 0.1) is 17.0 Å². The van der Waals surface area contributed by atoms with Crippen LogP contribution in [0.3, 0.4) is 0 Å². The third kappa shape index (κ3) is 4.25. The van der Waals surface area contributed by atoms with Crippen LogP contribution in [0.15, 0.2) is 24.3 Å². The molecule has 7 nitrogen and oxygen atoms in total. The van der Waals surface area contributed by atoms with Gasteiger partial charge in [0.2, 0.25) is 5.91 Å². The van der Waals surface area contributed by atoms with Crippen molar-refractivity contribution in [2.75, 3.05) is 11.9 Å². The standard InChI is InChI=1S/C24H27N3O4/c1-14(26)20(12-25)21(28)13-31-22(29)18-2-4-19(5-3-18)27-23(30)24-9-15-6-16(10-24)8-17(7-15)11-24/h2-5,15-17,20,26H,6-11,13H2,1H3,(H,27,30). The average molecular weight is 421 g/mol. The topological polar surface area (TPSA) is 120 Å².